The number of rotatable bonds is 10. The molecule has 1 aliphatic rings. The number of aliphatic hydroxyl groups is 1. The lowest BCUT2D eigenvalue weighted by Gasteiger charge is -2.25. The van der Waals surface area contributed by atoms with Crippen LogP contribution in [-0.2, 0) is 16.2 Å². The SMILES string of the molecule is CCO/N=C(\C)c1cn(CC(O)c2cc(F)ccc2OC)c(=O)n(C2CCCC2NC(=O)C(C)C)c1=O. The summed E-state index contributed by atoms with van der Waals surface area (Å²) in [5.74, 6) is -0.721. The second kappa shape index (κ2) is 12.2. The molecule has 3 atom stereocenters. The van der Waals surface area contributed by atoms with Crippen LogP contribution in [0.5, 0.6) is 5.75 Å². The smallest absolute Gasteiger partial charge is 0.331 e. The molecule has 1 heterocycles. The maximum Gasteiger partial charge on any atom is 0.331 e. The highest BCUT2D eigenvalue weighted by atomic mass is 19.1. The summed E-state index contributed by atoms with van der Waals surface area (Å²) in [7, 11) is 1.40. The number of hydrogen-bond acceptors (Lipinski definition) is 7. The molecule has 3 rings (SSSR count). The topological polar surface area (TPSA) is 124 Å². The van der Waals surface area contributed by atoms with Crippen LogP contribution < -0.4 is 21.3 Å². The third kappa shape index (κ3) is 6.27. The van der Waals surface area contributed by atoms with Gasteiger partial charge in [0.05, 0.1) is 31.0 Å². The van der Waals surface area contributed by atoms with E-state index >= 15 is 0 Å². The van der Waals surface area contributed by atoms with Crippen molar-refractivity contribution >= 4 is 11.6 Å². The number of methoxy groups -OCH3 is 1. The summed E-state index contributed by atoms with van der Waals surface area (Å²) in [6, 6.07) is 2.76. The number of amides is 1. The van der Waals surface area contributed by atoms with E-state index < -0.39 is 35.3 Å². The van der Waals surface area contributed by atoms with Gasteiger partial charge in [-0.3, -0.25) is 18.7 Å². The lowest BCUT2D eigenvalue weighted by molar-refractivity contribution is -0.124. The van der Waals surface area contributed by atoms with Crippen molar-refractivity contribution in [3.63, 3.8) is 0 Å². The zero-order valence-corrected chi connectivity index (χ0v) is 21.9. The van der Waals surface area contributed by atoms with Crippen molar-refractivity contribution in [3.8, 4) is 5.75 Å². The molecular weight excluding hydrogens is 483 g/mol. The molecule has 0 saturated heterocycles. The van der Waals surface area contributed by atoms with Gasteiger partial charge in [0.25, 0.3) is 5.56 Å². The highest BCUT2D eigenvalue weighted by Crippen LogP contribution is 2.29. The van der Waals surface area contributed by atoms with E-state index in [1.54, 1.807) is 27.7 Å². The van der Waals surface area contributed by atoms with Crippen molar-refractivity contribution in [1.82, 2.24) is 14.5 Å². The number of nitrogens with zero attached hydrogens (tertiary/aromatic N) is 3. The van der Waals surface area contributed by atoms with Crippen LogP contribution >= 0.6 is 0 Å². The lowest BCUT2D eigenvalue weighted by Crippen LogP contribution is -2.50. The van der Waals surface area contributed by atoms with Crippen LogP contribution in [0.1, 0.15) is 70.2 Å². The molecule has 37 heavy (non-hydrogen) atoms. The van der Waals surface area contributed by atoms with Crippen molar-refractivity contribution in [2.45, 2.75) is 71.7 Å². The summed E-state index contributed by atoms with van der Waals surface area (Å²) in [5, 5.41) is 17.9. The highest BCUT2D eigenvalue weighted by molar-refractivity contribution is 5.97. The first kappa shape index (κ1) is 28.1. The Labute approximate surface area is 214 Å². The van der Waals surface area contributed by atoms with E-state index in [0.717, 1.165) is 17.1 Å². The summed E-state index contributed by atoms with van der Waals surface area (Å²) in [6.07, 6.45) is 1.87. The Morgan fingerprint density at radius 1 is 1.30 bits per heavy atom. The van der Waals surface area contributed by atoms with Crippen LogP contribution in [0.15, 0.2) is 39.1 Å². The van der Waals surface area contributed by atoms with Gasteiger partial charge in [0.1, 0.15) is 24.3 Å². The van der Waals surface area contributed by atoms with Gasteiger partial charge in [-0.15, -0.1) is 0 Å². The fourth-order valence-corrected chi connectivity index (χ4v) is 4.52. The average molecular weight is 519 g/mol. The maximum absolute atomic E-state index is 13.9. The standard InChI is InChI=1S/C26H35FN4O6/c1-6-37-29-16(4)19-13-30(14-22(32)18-12-17(27)10-11-23(18)36-5)26(35)31(25(19)34)21-9-7-8-20(21)28-24(33)15(2)3/h10-13,15,20-22,32H,6-9,14H2,1-5H3,(H,28,33)/b29-16+. The molecule has 0 bridgehead atoms. The number of benzene rings is 1. The largest absolute Gasteiger partial charge is 0.496 e. The van der Waals surface area contributed by atoms with E-state index in [4.69, 9.17) is 9.57 Å². The zero-order chi connectivity index (χ0) is 27.3. The minimum Gasteiger partial charge on any atom is -0.496 e. The van der Waals surface area contributed by atoms with Crippen LogP contribution in [-0.4, -0.2) is 45.6 Å². The van der Waals surface area contributed by atoms with Gasteiger partial charge in [-0.1, -0.05) is 19.0 Å². The number of carbonyl (C=O) groups is 1. The van der Waals surface area contributed by atoms with Crippen molar-refractivity contribution in [1.29, 1.82) is 0 Å². The summed E-state index contributed by atoms with van der Waals surface area (Å²) < 4.78 is 21.5. The first-order valence-electron chi connectivity index (χ1n) is 12.4. The third-order valence-corrected chi connectivity index (χ3v) is 6.49. The molecule has 0 spiro atoms. The quantitative estimate of drug-likeness (QED) is 0.368. The van der Waals surface area contributed by atoms with E-state index in [1.165, 1.54) is 30.0 Å². The molecule has 0 aliphatic heterocycles. The predicted molar refractivity (Wildman–Crippen MR) is 136 cm³/mol. The second-order valence-electron chi connectivity index (χ2n) is 9.42. The van der Waals surface area contributed by atoms with Crippen LogP contribution in [0.4, 0.5) is 4.39 Å². The Bertz CT molecular complexity index is 1270. The predicted octanol–water partition coefficient (Wildman–Crippen LogP) is 2.52. The summed E-state index contributed by atoms with van der Waals surface area (Å²) in [5.41, 5.74) is -0.671. The minimum atomic E-state index is -1.31. The normalized spacial score (nSPS) is 18.6. The van der Waals surface area contributed by atoms with Gasteiger partial charge < -0.3 is 20.0 Å². The summed E-state index contributed by atoms with van der Waals surface area (Å²) >= 11 is 0. The molecule has 10 nitrogen and oxygen atoms in total. The molecular formula is C26H35FN4O6. The van der Waals surface area contributed by atoms with Crippen molar-refractivity contribution in [2.24, 2.45) is 11.1 Å². The monoisotopic (exact) mass is 518 g/mol. The van der Waals surface area contributed by atoms with E-state index in [-0.39, 0.29) is 47.6 Å². The molecule has 1 aliphatic carbocycles. The van der Waals surface area contributed by atoms with Crippen molar-refractivity contribution in [3.05, 3.63) is 62.2 Å². The number of oxime groups is 1. The zero-order valence-electron chi connectivity index (χ0n) is 21.9. The molecule has 2 N–H and O–H groups in total. The molecule has 1 saturated carbocycles. The van der Waals surface area contributed by atoms with Gasteiger partial charge >= 0.3 is 5.69 Å². The van der Waals surface area contributed by atoms with Gasteiger partial charge in [-0.25, -0.2) is 9.18 Å². The molecule has 1 fully saturated rings. The Balaban J connectivity index is 2.12. The summed E-state index contributed by atoms with van der Waals surface area (Å²) in [4.78, 5) is 44.7. The first-order chi connectivity index (χ1) is 17.6. The molecule has 0 radical (unpaired) electrons. The lowest BCUT2D eigenvalue weighted by atomic mass is 10.1. The van der Waals surface area contributed by atoms with E-state index in [2.05, 4.69) is 10.5 Å². The molecule has 1 amide bonds. The van der Waals surface area contributed by atoms with Crippen LogP contribution in [0.2, 0.25) is 0 Å². The molecule has 11 heteroatoms. The molecule has 1 aromatic heterocycles. The fourth-order valence-electron chi connectivity index (χ4n) is 4.52. The molecule has 1 aromatic carbocycles. The fraction of sp³-hybridized carbons (Fsp3) is 0.538. The number of ether oxygens (including phenoxy) is 1. The van der Waals surface area contributed by atoms with Crippen molar-refractivity contribution < 1.29 is 23.9 Å². The number of carbonyl (C=O) groups excluding carboxylic acids is 1. The van der Waals surface area contributed by atoms with Gasteiger partial charge in [0.15, 0.2) is 0 Å². The van der Waals surface area contributed by atoms with Gasteiger partial charge in [0.2, 0.25) is 5.91 Å². The van der Waals surface area contributed by atoms with Crippen molar-refractivity contribution in [2.75, 3.05) is 13.7 Å². The average Bonchev–Trinajstić information content (AvgIpc) is 3.31. The van der Waals surface area contributed by atoms with Gasteiger partial charge in [-0.05, 0) is 51.3 Å². The maximum atomic E-state index is 13.9. The minimum absolute atomic E-state index is 0.118. The number of aromatic nitrogens is 2. The van der Waals surface area contributed by atoms with Crippen LogP contribution in [0.3, 0.4) is 0 Å². The van der Waals surface area contributed by atoms with E-state index in [9.17, 15) is 23.9 Å². The van der Waals surface area contributed by atoms with Crippen LogP contribution in [0, 0.1) is 11.7 Å². The molecule has 202 valence electrons. The number of halogens is 1. The Hall–Kier alpha value is -3.47. The van der Waals surface area contributed by atoms with Gasteiger partial charge in [0, 0.05) is 23.7 Å². The summed E-state index contributed by atoms with van der Waals surface area (Å²) in [6.45, 7) is 6.89. The number of aliphatic hydroxyl groups excluding tert-OH is 1. The Morgan fingerprint density at radius 3 is 2.68 bits per heavy atom. The van der Waals surface area contributed by atoms with E-state index in [0.29, 0.717) is 12.8 Å². The number of nitrogens with one attached hydrogen (secondary N) is 1. The molecule has 3 unspecified atom stereocenters. The molecule has 2 aromatic rings. The second-order valence-corrected chi connectivity index (χ2v) is 9.42. The number of hydrogen-bond donors (Lipinski definition) is 2. The van der Waals surface area contributed by atoms with Gasteiger partial charge in [-0.2, -0.15) is 0 Å². The Morgan fingerprint density at radius 2 is 2.03 bits per heavy atom. The van der Waals surface area contributed by atoms with E-state index in [1.807, 2.05) is 0 Å². The Kier molecular flexibility index (Phi) is 9.25. The first-order valence-corrected chi connectivity index (χ1v) is 12.4. The van der Waals surface area contributed by atoms with Crippen LogP contribution in [0.25, 0.3) is 0 Å². The highest BCUT2D eigenvalue weighted by Gasteiger charge is 2.34. The third-order valence-electron chi connectivity index (χ3n) is 6.49.